The Hall–Kier alpha value is -1.26. The van der Waals surface area contributed by atoms with E-state index in [0.29, 0.717) is 10.8 Å². The Kier molecular flexibility index (Phi) is 4.78. The number of carboxylic acids is 1. The predicted octanol–water partition coefficient (Wildman–Crippen LogP) is 2.39. The number of carboxylic acid groups (broad SMARTS) is 1. The van der Waals surface area contributed by atoms with Gasteiger partial charge >= 0.3 is 5.97 Å². The lowest BCUT2D eigenvalue weighted by Crippen LogP contribution is -2.15. The fraction of sp³-hybridized carbons (Fsp3) is 0.417. The maximum Gasteiger partial charge on any atom is 0.305 e. The summed E-state index contributed by atoms with van der Waals surface area (Å²) in [6.07, 6.45) is 0.627. The molecule has 0 saturated heterocycles. The largest absolute Gasteiger partial charge is 0.495 e. The first-order chi connectivity index (χ1) is 7.99. The molecule has 4 nitrogen and oxygen atoms in total. The van der Waals surface area contributed by atoms with E-state index in [1.54, 1.807) is 13.2 Å². The van der Waals surface area contributed by atoms with Crippen LogP contribution in [0.1, 0.15) is 30.5 Å². The number of ether oxygens (including phenoxy) is 1. The lowest BCUT2D eigenvalue weighted by Gasteiger charge is -2.15. The summed E-state index contributed by atoms with van der Waals surface area (Å²) in [6.45, 7) is 1.97. The Balaban J connectivity index is 3.10. The van der Waals surface area contributed by atoms with Gasteiger partial charge < -0.3 is 15.6 Å². The molecule has 0 fully saturated rings. The van der Waals surface area contributed by atoms with Crippen LogP contribution in [-0.2, 0) is 11.2 Å². The molecule has 0 aliphatic heterocycles. The van der Waals surface area contributed by atoms with E-state index in [1.165, 1.54) is 0 Å². The van der Waals surface area contributed by atoms with Crippen molar-refractivity contribution in [2.24, 2.45) is 5.73 Å². The minimum atomic E-state index is -0.928. The zero-order valence-electron chi connectivity index (χ0n) is 9.87. The average Bonchev–Trinajstić information content (AvgIpc) is 2.26. The lowest BCUT2D eigenvalue weighted by molar-refractivity contribution is -0.137. The molecule has 1 aromatic rings. The summed E-state index contributed by atoms with van der Waals surface area (Å²) in [5.74, 6) is -0.303. The highest BCUT2D eigenvalue weighted by Crippen LogP contribution is 2.32. The molecule has 1 aromatic carbocycles. The molecule has 5 heteroatoms. The Morgan fingerprint density at radius 3 is 2.71 bits per heavy atom. The third-order valence-electron chi connectivity index (χ3n) is 2.55. The third-order valence-corrected chi connectivity index (χ3v) is 2.83. The zero-order chi connectivity index (χ0) is 13.0. The quantitative estimate of drug-likeness (QED) is 0.850. The van der Waals surface area contributed by atoms with Crippen molar-refractivity contribution >= 4 is 17.6 Å². The third kappa shape index (κ3) is 3.35. The van der Waals surface area contributed by atoms with Crippen LogP contribution in [0.15, 0.2) is 12.1 Å². The van der Waals surface area contributed by atoms with Gasteiger partial charge in [0.25, 0.3) is 0 Å². The maximum atomic E-state index is 10.6. The van der Waals surface area contributed by atoms with Crippen LogP contribution in [0.5, 0.6) is 5.75 Å². The van der Waals surface area contributed by atoms with Crippen molar-refractivity contribution in [2.45, 2.75) is 25.8 Å². The monoisotopic (exact) mass is 257 g/mol. The van der Waals surface area contributed by atoms with E-state index in [1.807, 2.05) is 13.0 Å². The van der Waals surface area contributed by atoms with Crippen molar-refractivity contribution in [2.75, 3.05) is 7.11 Å². The van der Waals surface area contributed by atoms with Gasteiger partial charge in [-0.3, -0.25) is 4.79 Å². The van der Waals surface area contributed by atoms with Crippen LogP contribution < -0.4 is 10.5 Å². The van der Waals surface area contributed by atoms with Crippen molar-refractivity contribution in [3.05, 3.63) is 28.3 Å². The van der Waals surface area contributed by atoms with Gasteiger partial charge in [0.2, 0.25) is 0 Å². The summed E-state index contributed by atoms with van der Waals surface area (Å²) in [5, 5.41) is 9.16. The molecule has 1 unspecified atom stereocenters. The highest BCUT2D eigenvalue weighted by molar-refractivity contribution is 6.32. The van der Waals surface area contributed by atoms with Crippen LogP contribution in [-0.4, -0.2) is 18.2 Å². The molecule has 94 valence electrons. The van der Waals surface area contributed by atoms with E-state index in [2.05, 4.69) is 0 Å². The Bertz CT molecular complexity index is 420. The minimum absolute atomic E-state index is 0.119. The smallest absolute Gasteiger partial charge is 0.305 e. The van der Waals surface area contributed by atoms with E-state index in [9.17, 15) is 4.79 Å². The second-order valence-corrected chi connectivity index (χ2v) is 4.16. The summed E-state index contributed by atoms with van der Waals surface area (Å²) in [4.78, 5) is 10.6. The Morgan fingerprint density at radius 1 is 1.59 bits per heavy atom. The summed E-state index contributed by atoms with van der Waals surface area (Å²) < 4.78 is 5.19. The molecule has 0 amide bonds. The van der Waals surface area contributed by atoms with Crippen LogP contribution in [0, 0.1) is 0 Å². The first kappa shape index (κ1) is 13.8. The van der Waals surface area contributed by atoms with Gasteiger partial charge in [-0.05, 0) is 23.6 Å². The number of hydrogen-bond acceptors (Lipinski definition) is 3. The molecular formula is C12H16ClNO3. The fourth-order valence-electron chi connectivity index (χ4n) is 1.68. The van der Waals surface area contributed by atoms with Gasteiger partial charge in [-0.1, -0.05) is 24.6 Å². The van der Waals surface area contributed by atoms with Gasteiger partial charge in [-0.25, -0.2) is 0 Å². The van der Waals surface area contributed by atoms with Crippen molar-refractivity contribution in [3.8, 4) is 5.75 Å². The molecule has 3 N–H and O–H groups in total. The predicted molar refractivity (Wildman–Crippen MR) is 66.6 cm³/mol. The fourth-order valence-corrected chi connectivity index (χ4v) is 2.01. The number of aryl methyl sites for hydroxylation is 1. The molecule has 0 spiro atoms. The summed E-state index contributed by atoms with van der Waals surface area (Å²) in [5.41, 5.74) is 7.44. The zero-order valence-corrected chi connectivity index (χ0v) is 10.6. The molecule has 0 aromatic heterocycles. The molecule has 0 saturated carbocycles. The first-order valence-electron chi connectivity index (χ1n) is 5.33. The lowest BCUT2D eigenvalue weighted by atomic mass is 10.0. The molecule has 0 heterocycles. The molecule has 0 aliphatic carbocycles. The average molecular weight is 258 g/mol. The first-order valence-corrected chi connectivity index (χ1v) is 5.71. The molecule has 0 radical (unpaired) electrons. The van der Waals surface area contributed by atoms with Gasteiger partial charge in [0.05, 0.1) is 18.6 Å². The number of methoxy groups -OCH3 is 1. The van der Waals surface area contributed by atoms with Gasteiger partial charge in [0.1, 0.15) is 5.75 Å². The second kappa shape index (κ2) is 5.89. The summed E-state index contributed by atoms with van der Waals surface area (Å²) in [6, 6.07) is 2.95. The minimum Gasteiger partial charge on any atom is -0.495 e. The van der Waals surface area contributed by atoms with Crippen molar-refractivity contribution in [1.29, 1.82) is 0 Å². The van der Waals surface area contributed by atoms with Gasteiger partial charge in [-0.15, -0.1) is 0 Å². The molecule has 1 atom stereocenters. The van der Waals surface area contributed by atoms with Crippen LogP contribution >= 0.6 is 11.6 Å². The Morgan fingerprint density at radius 2 is 2.24 bits per heavy atom. The van der Waals surface area contributed by atoms with Crippen molar-refractivity contribution < 1.29 is 14.6 Å². The molecule has 0 bridgehead atoms. The number of benzene rings is 1. The van der Waals surface area contributed by atoms with Gasteiger partial charge in [0.15, 0.2) is 0 Å². The maximum absolute atomic E-state index is 10.6. The molecule has 17 heavy (non-hydrogen) atoms. The van der Waals surface area contributed by atoms with Gasteiger partial charge in [-0.2, -0.15) is 0 Å². The summed E-state index contributed by atoms with van der Waals surface area (Å²) in [7, 11) is 1.55. The topological polar surface area (TPSA) is 72.6 Å². The van der Waals surface area contributed by atoms with E-state index in [0.717, 1.165) is 17.5 Å². The van der Waals surface area contributed by atoms with E-state index < -0.39 is 12.0 Å². The normalized spacial score (nSPS) is 12.2. The number of carbonyl (C=O) groups is 1. The number of nitrogens with two attached hydrogens (primary N) is 1. The van der Waals surface area contributed by atoms with Crippen LogP contribution in [0.25, 0.3) is 0 Å². The molecular weight excluding hydrogens is 242 g/mol. The standard InChI is InChI=1S/C12H16ClNO3/c1-3-7-4-8(10(14)6-11(15)16)5-9(13)12(7)17-2/h4-5,10H,3,6,14H2,1-2H3,(H,15,16). The second-order valence-electron chi connectivity index (χ2n) is 3.75. The van der Waals surface area contributed by atoms with E-state index in [4.69, 9.17) is 27.2 Å². The highest BCUT2D eigenvalue weighted by atomic mass is 35.5. The van der Waals surface area contributed by atoms with Crippen LogP contribution in [0.3, 0.4) is 0 Å². The van der Waals surface area contributed by atoms with Crippen molar-refractivity contribution in [3.63, 3.8) is 0 Å². The Labute approximate surface area is 105 Å². The number of halogens is 1. The summed E-state index contributed by atoms with van der Waals surface area (Å²) >= 11 is 6.07. The SMILES string of the molecule is CCc1cc(C(N)CC(=O)O)cc(Cl)c1OC. The van der Waals surface area contributed by atoms with Crippen LogP contribution in [0.4, 0.5) is 0 Å². The van der Waals surface area contributed by atoms with E-state index >= 15 is 0 Å². The number of aliphatic carboxylic acids is 1. The molecule has 0 aliphatic rings. The van der Waals surface area contributed by atoms with Gasteiger partial charge in [0, 0.05) is 6.04 Å². The highest BCUT2D eigenvalue weighted by Gasteiger charge is 2.15. The van der Waals surface area contributed by atoms with Crippen LogP contribution in [0.2, 0.25) is 5.02 Å². The van der Waals surface area contributed by atoms with E-state index in [-0.39, 0.29) is 6.42 Å². The number of hydrogen-bond donors (Lipinski definition) is 2. The number of rotatable bonds is 5. The molecule has 1 rings (SSSR count). The van der Waals surface area contributed by atoms with Crippen molar-refractivity contribution in [1.82, 2.24) is 0 Å².